The Morgan fingerprint density at radius 1 is 1.38 bits per heavy atom. The summed E-state index contributed by atoms with van der Waals surface area (Å²) in [6.07, 6.45) is 5.54. The molecule has 0 radical (unpaired) electrons. The van der Waals surface area contributed by atoms with Crippen molar-refractivity contribution in [1.29, 1.82) is 0 Å². The van der Waals surface area contributed by atoms with Gasteiger partial charge in [-0.15, -0.1) is 0 Å². The molecule has 1 atom stereocenters. The molecule has 0 saturated heterocycles. The van der Waals surface area contributed by atoms with Crippen LogP contribution in [0.15, 0.2) is 0 Å². The van der Waals surface area contributed by atoms with E-state index in [0.717, 1.165) is 12.8 Å². The van der Waals surface area contributed by atoms with Crippen LogP contribution in [-0.2, 0) is 9.53 Å². The van der Waals surface area contributed by atoms with Crippen molar-refractivity contribution < 1.29 is 14.6 Å². The predicted molar refractivity (Wildman–Crippen MR) is 64.3 cm³/mol. The third-order valence-electron chi connectivity index (χ3n) is 2.47. The number of ether oxygens (including phenoxy) is 1. The van der Waals surface area contributed by atoms with Crippen molar-refractivity contribution in [1.82, 2.24) is 5.32 Å². The highest BCUT2D eigenvalue weighted by molar-refractivity contribution is 5.76. The zero-order valence-corrected chi connectivity index (χ0v) is 10.5. The summed E-state index contributed by atoms with van der Waals surface area (Å²) in [6, 6.07) is -0.0614. The Labute approximate surface area is 98.4 Å². The summed E-state index contributed by atoms with van der Waals surface area (Å²) in [4.78, 5) is 11.5. The van der Waals surface area contributed by atoms with Crippen LogP contribution < -0.4 is 5.32 Å². The summed E-state index contributed by atoms with van der Waals surface area (Å²) >= 11 is 0. The van der Waals surface area contributed by atoms with Crippen LogP contribution in [0.3, 0.4) is 0 Å². The molecular weight excluding hydrogens is 206 g/mol. The first kappa shape index (κ1) is 15.4. The first-order valence-electron chi connectivity index (χ1n) is 6.13. The molecule has 0 aliphatic rings. The number of hydrogen-bond acceptors (Lipinski definition) is 3. The van der Waals surface area contributed by atoms with Crippen molar-refractivity contribution in [3.05, 3.63) is 0 Å². The second kappa shape index (κ2) is 10.9. The molecule has 0 aliphatic heterocycles. The molecule has 0 saturated carbocycles. The Morgan fingerprint density at radius 3 is 2.69 bits per heavy atom. The van der Waals surface area contributed by atoms with Crippen LogP contribution in [0.1, 0.15) is 45.4 Å². The highest BCUT2D eigenvalue weighted by Gasteiger charge is 2.10. The second-order valence-electron chi connectivity index (χ2n) is 4.04. The molecule has 1 amide bonds. The molecule has 0 aromatic carbocycles. The zero-order chi connectivity index (χ0) is 12.2. The fourth-order valence-electron chi connectivity index (χ4n) is 1.57. The molecule has 0 aromatic rings. The van der Waals surface area contributed by atoms with Gasteiger partial charge in [0.2, 0.25) is 5.91 Å². The lowest BCUT2D eigenvalue weighted by Gasteiger charge is -2.16. The fourth-order valence-corrected chi connectivity index (χ4v) is 1.57. The maximum absolute atomic E-state index is 11.5. The molecule has 96 valence electrons. The highest BCUT2D eigenvalue weighted by Crippen LogP contribution is 2.03. The van der Waals surface area contributed by atoms with E-state index >= 15 is 0 Å². The number of rotatable bonds is 10. The van der Waals surface area contributed by atoms with Gasteiger partial charge in [0.15, 0.2) is 0 Å². The predicted octanol–water partition coefficient (Wildman–Crippen LogP) is 1.47. The Hall–Kier alpha value is -0.610. The maximum Gasteiger partial charge on any atom is 0.220 e. The number of nitrogens with one attached hydrogen (secondary N) is 1. The number of methoxy groups -OCH3 is 1. The summed E-state index contributed by atoms with van der Waals surface area (Å²) in [6.45, 7) is 2.68. The van der Waals surface area contributed by atoms with Gasteiger partial charge in [-0.2, -0.15) is 0 Å². The summed E-state index contributed by atoms with van der Waals surface area (Å²) < 4.78 is 4.97. The average Bonchev–Trinajstić information content (AvgIpc) is 2.25. The first-order valence-corrected chi connectivity index (χ1v) is 6.13. The minimum Gasteiger partial charge on any atom is -0.396 e. The van der Waals surface area contributed by atoms with Gasteiger partial charge in [-0.05, 0) is 12.8 Å². The second-order valence-corrected chi connectivity index (χ2v) is 4.04. The quantitative estimate of drug-likeness (QED) is 0.560. The molecular formula is C12H25NO3. The molecule has 4 nitrogen and oxygen atoms in total. The third kappa shape index (κ3) is 8.68. The number of aliphatic hydroxyl groups excluding tert-OH is 1. The normalized spacial score (nSPS) is 12.4. The van der Waals surface area contributed by atoms with Gasteiger partial charge in [0.25, 0.3) is 0 Å². The smallest absolute Gasteiger partial charge is 0.220 e. The van der Waals surface area contributed by atoms with Crippen LogP contribution in [0.5, 0.6) is 0 Å². The van der Waals surface area contributed by atoms with Crippen molar-refractivity contribution in [3.8, 4) is 0 Å². The number of carbonyl (C=O) groups is 1. The van der Waals surface area contributed by atoms with E-state index in [1.807, 2.05) is 0 Å². The minimum atomic E-state index is -0.0614. The fraction of sp³-hybridized carbons (Fsp3) is 0.917. The van der Waals surface area contributed by atoms with Gasteiger partial charge in [0, 0.05) is 20.1 Å². The zero-order valence-electron chi connectivity index (χ0n) is 10.5. The van der Waals surface area contributed by atoms with Gasteiger partial charge < -0.3 is 15.2 Å². The van der Waals surface area contributed by atoms with Gasteiger partial charge in [-0.3, -0.25) is 4.79 Å². The third-order valence-corrected chi connectivity index (χ3v) is 2.47. The highest BCUT2D eigenvalue weighted by atomic mass is 16.5. The number of carbonyl (C=O) groups excluding carboxylic acids is 1. The van der Waals surface area contributed by atoms with Crippen LogP contribution >= 0.6 is 0 Å². The van der Waals surface area contributed by atoms with E-state index in [1.54, 1.807) is 7.11 Å². The number of amides is 1. The summed E-state index contributed by atoms with van der Waals surface area (Å²) in [5.74, 6) is 0.0617. The molecule has 2 N–H and O–H groups in total. The van der Waals surface area contributed by atoms with Crippen LogP contribution in [-0.4, -0.2) is 37.4 Å². The monoisotopic (exact) mass is 231 g/mol. The largest absolute Gasteiger partial charge is 0.396 e. The molecule has 0 aliphatic carbocycles. The van der Waals surface area contributed by atoms with E-state index in [9.17, 15) is 4.79 Å². The van der Waals surface area contributed by atoms with Gasteiger partial charge in [-0.1, -0.05) is 26.2 Å². The Morgan fingerprint density at radius 2 is 2.12 bits per heavy atom. The lowest BCUT2D eigenvalue weighted by Crippen LogP contribution is -2.38. The van der Waals surface area contributed by atoms with Gasteiger partial charge >= 0.3 is 0 Å². The Kier molecular flexibility index (Phi) is 10.5. The van der Waals surface area contributed by atoms with E-state index in [1.165, 1.54) is 12.8 Å². The van der Waals surface area contributed by atoms with Crippen LogP contribution in [0.2, 0.25) is 0 Å². The van der Waals surface area contributed by atoms with Gasteiger partial charge in [0.1, 0.15) is 0 Å². The van der Waals surface area contributed by atoms with Gasteiger partial charge in [0.05, 0.1) is 12.6 Å². The van der Waals surface area contributed by atoms with E-state index < -0.39 is 0 Å². The molecule has 0 bridgehead atoms. The lowest BCUT2D eigenvalue weighted by atomic mass is 10.1. The Bertz CT molecular complexity index is 168. The van der Waals surface area contributed by atoms with Gasteiger partial charge in [-0.25, -0.2) is 0 Å². The molecule has 16 heavy (non-hydrogen) atoms. The van der Waals surface area contributed by atoms with Crippen molar-refractivity contribution >= 4 is 5.91 Å². The van der Waals surface area contributed by atoms with Crippen LogP contribution in [0, 0.1) is 0 Å². The molecule has 0 spiro atoms. The van der Waals surface area contributed by atoms with Crippen molar-refractivity contribution in [2.45, 2.75) is 51.5 Å². The van der Waals surface area contributed by atoms with E-state index in [-0.39, 0.29) is 18.6 Å². The molecule has 4 heteroatoms. The summed E-state index contributed by atoms with van der Waals surface area (Å²) in [7, 11) is 1.60. The topological polar surface area (TPSA) is 58.6 Å². The molecule has 1 unspecified atom stereocenters. The van der Waals surface area contributed by atoms with Crippen LogP contribution in [0.25, 0.3) is 0 Å². The number of hydrogen-bond donors (Lipinski definition) is 2. The van der Waals surface area contributed by atoms with E-state index in [0.29, 0.717) is 19.4 Å². The summed E-state index contributed by atoms with van der Waals surface area (Å²) in [5.41, 5.74) is 0. The number of aliphatic hydroxyl groups is 1. The SMILES string of the molecule is CCCCCCC(=O)NC(CCO)COC. The average molecular weight is 231 g/mol. The minimum absolute atomic E-state index is 0.0614. The molecule has 0 fully saturated rings. The molecule has 0 rings (SSSR count). The van der Waals surface area contributed by atoms with Crippen molar-refractivity contribution in [2.24, 2.45) is 0 Å². The van der Waals surface area contributed by atoms with E-state index in [2.05, 4.69) is 12.2 Å². The van der Waals surface area contributed by atoms with E-state index in [4.69, 9.17) is 9.84 Å². The Balaban J connectivity index is 3.63. The molecule has 0 aromatic heterocycles. The first-order chi connectivity index (χ1) is 7.74. The van der Waals surface area contributed by atoms with Crippen molar-refractivity contribution in [2.75, 3.05) is 20.3 Å². The number of unbranched alkanes of at least 4 members (excludes halogenated alkanes) is 3. The summed E-state index contributed by atoms with van der Waals surface area (Å²) in [5, 5.41) is 11.7. The standard InChI is InChI=1S/C12H25NO3/c1-3-4-5-6-7-12(15)13-11(8-9-14)10-16-2/h11,14H,3-10H2,1-2H3,(H,13,15). The maximum atomic E-state index is 11.5. The van der Waals surface area contributed by atoms with Crippen LogP contribution in [0.4, 0.5) is 0 Å². The molecule has 0 heterocycles. The lowest BCUT2D eigenvalue weighted by molar-refractivity contribution is -0.122. The van der Waals surface area contributed by atoms with Crippen molar-refractivity contribution in [3.63, 3.8) is 0 Å².